The van der Waals surface area contributed by atoms with Gasteiger partial charge in [0.2, 0.25) is 5.95 Å². The molecule has 0 radical (unpaired) electrons. The maximum atomic E-state index is 13.9. The minimum Gasteiger partial charge on any atom is -0.444 e. The largest absolute Gasteiger partial charge is 0.444 e. The van der Waals surface area contributed by atoms with E-state index in [9.17, 15) is 19.2 Å². The first-order valence-corrected chi connectivity index (χ1v) is 13.9. The molecule has 11 heteroatoms. The van der Waals surface area contributed by atoms with E-state index in [4.69, 9.17) is 9.72 Å². The van der Waals surface area contributed by atoms with E-state index in [1.54, 1.807) is 41.9 Å². The molecule has 0 saturated carbocycles. The first kappa shape index (κ1) is 29.8. The fourth-order valence-electron chi connectivity index (χ4n) is 5.11. The van der Waals surface area contributed by atoms with Crippen LogP contribution in [0.1, 0.15) is 64.7 Å². The third kappa shape index (κ3) is 6.61. The standard InChI is InChI=1S/C30H40N6O5/c1-20(2)14-17-35-23-24(33(7)28(40)36(25(23)38)18-22(37)21-12-9-8-10-13-21)31-26(35)34-16-11-15-30(6,19-34)32-27(39)41-29(3,4)5/h8-10,12-14H,11,15-19H2,1-7H3,(H,32,39). The maximum Gasteiger partial charge on any atom is 0.408 e. The number of ketones is 1. The lowest BCUT2D eigenvalue weighted by Gasteiger charge is -2.41. The van der Waals surface area contributed by atoms with Gasteiger partial charge in [0.1, 0.15) is 5.60 Å². The zero-order valence-corrected chi connectivity index (χ0v) is 25.0. The molecule has 3 heterocycles. The van der Waals surface area contributed by atoms with Crippen LogP contribution in [0.25, 0.3) is 11.2 Å². The molecule has 1 aliphatic heterocycles. The smallest absolute Gasteiger partial charge is 0.408 e. The number of imidazole rings is 1. The number of allylic oxidation sites excluding steroid dienone is 2. The van der Waals surface area contributed by atoms with Crippen molar-refractivity contribution in [2.75, 3.05) is 18.0 Å². The normalized spacial score (nSPS) is 17.4. The van der Waals surface area contributed by atoms with E-state index >= 15 is 0 Å². The highest BCUT2D eigenvalue weighted by atomic mass is 16.6. The van der Waals surface area contributed by atoms with E-state index < -0.39 is 28.5 Å². The second-order valence-corrected chi connectivity index (χ2v) is 12.2. The lowest BCUT2D eigenvalue weighted by Crippen LogP contribution is -2.58. The second kappa shape index (κ2) is 11.4. The van der Waals surface area contributed by atoms with Gasteiger partial charge >= 0.3 is 11.8 Å². The molecule has 1 N–H and O–H groups in total. The zero-order chi connectivity index (χ0) is 30.1. The molecule has 0 bridgehead atoms. The predicted molar refractivity (Wildman–Crippen MR) is 159 cm³/mol. The average molecular weight is 565 g/mol. The number of alkyl carbamates (subject to hydrolysis) is 1. The summed E-state index contributed by atoms with van der Waals surface area (Å²) >= 11 is 0. The summed E-state index contributed by atoms with van der Waals surface area (Å²) < 4.78 is 9.59. The van der Waals surface area contributed by atoms with Crippen molar-refractivity contribution in [1.29, 1.82) is 0 Å². The van der Waals surface area contributed by atoms with Crippen molar-refractivity contribution in [3.05, 3.63) is 68.4 Å². The number of nitrogens with zero attached hydrogens (tertiary/aromatic N) is 5. The fourth-order valence-corrected chi connectivity index (χ4v) is 5.11. The van der Waals surface area contributed by atoms with E-state index in [1.807, 2.05) is 52.5 Å². The second-order valence-electron chi connectivity index (χ2n) is 12.2. The monoisotopic (exact) mass is 564 g/mol. The molecule has 1 atom stereocenters. The van der Waals surface area contributed by atoms with Gasteiger partial charge in [-0.2, -0.15) is 4.98 Å². The van der Waals surface area contributed by atoms with E-state index in [0.29, 0.717) is 31.1 Å². The highest BCUT2D eigenvalue weighted by molar-refractivity contribution is 5.96. The van der Waals surface area contributed by atoms with Crippen LogP contribution in [0.2, 0.25) is 0 Å². The Hall–Kier alpha value is -4.15. The summed E-state index contributed by atoms with van der Waals surface area (Å²) in [6.07, 6.45) is 3.00. The number of piperidine rings is 1. The van der Waals surface area contributed by atoms with Gasteiger partial charge in [-0.3, -0.25) is 18.7 Å². The van der Waals surface area contributed by atoms with Gasteiger partial charge in [-0.15, -0.1) is 0 Å². The molecule has 1 unspecified atom stereocenters. The van der Waals surface area contributed by atoms with Crippen LogP contribution in [0.4, 0.5) is 10.7 Å². The van der Waals surface area contributed by atoms with Crippen molar-refractivity contribution in [3.63, 3.8) is 0 Å². The number of carbonyl (C=O) groups is 2. The van der Waals surface area contributed by atoms with Crippen LogP contribution in [-0.2, 0) is 24.9 Å². The van der Waals surface area contributed by atoms with Crippen LogP contribution in [-0.4, -0.2) is 54.8 Å². The molecule has 3 aromatic rings. The molecule has 1 aliphatic rings. The number of carbonyl (C=O) groups excluding carboxylic acids is 2. The number of aromatic nitrogens is 4. The maximum absolute atomic E-state index is 13.9. The van der Waals surface area contributed by atoms with Gasteiger partial charge in [0, 0.05) is 32.2 Å². The van der Waals surface area contributed by atoms with Crippen LogP contribution in [0.5, 0.6) is 0 Å². The van der Waals surface area contributed by atoms with Crippen LogP contribution in [0, 0.1) is 0 Å². The Bertz CT molecular complexity index is 1600. The highest BCUT2D eigenvalue weighted by Gasteiger charge is 2.36. The summed E-state index contributed by atoms with van der Waals surface area (Å²) in [7, 11) is 1.56. The Labute approximate surface area is 239 Å². The molecule has 2 aromatic heterocycles. The number of anilines is 1. The Balaban J connectivity index is 1.79. The molecule has 0 aliphatic carbocycles. The van der Waals surface area contributed by atoms with Crippen molar-refractivity contribution >= 4 is 29.0 Å². The van der Waals surface area contributed by atoms with Crippen LogP contribution >= 0.6 is 0 Å². The lowest BCUT2D eigenvalue weighted by molar-refractivity contribution is 0.0453. The summed E-state index contributed by atoms with van der Waals surface area (Å²) in [5.74, 6) is 0.188. The number of nitrogens with one attached hydrogen (secondary N) is 1. The lowest BCUT2D eigenvalue weighted by atomic mass is 9.91. The Morgan fingerprint density at radius 2 is 1.80 bits per heavy atom. The third-order valence-electron chi connectivity index (χ3n) is 7.07. The molecule has 1 aromatic carbocycles. The molecule has 0 spiro atoms. The van der Waals surface area contributed by atoms with E-state index in [0.717, 1.165) is 23.0 Å². The summed E-state index contributed by atoms with van der Waals surface area (Å²) in [6, 6.07) is 8.59. The third-order valence-corrected chi connectivity index (χ3v) is 7.07. The molecule has 4 rings (SSSR count). The van der Waals surface area contributed by atoms with E-state index in [1.165, 1.54) is 4.57 Å². The number of ether oxygens (including phenoxy) is 1. The van der Waals surface area contributed by atoms with Crippen molar-refractivity contribution < 1.29 is 14.3 Å². The Morgan fingerprint density at radius 3 is 2.44 bits per heavy atom. The Morgan fingerprint density at radius 1 is 1.12 bits per heavy atom. The van der Waals surface area contributed by atoms with Gasteiger partial charge in [-0.25, -0.2) is 9.59 Å². The van der Waals surface area contributed by atoms with E-state index in [2.05, 4.69) is 5.32 Å². The number of rotatable bonds is 7. The minimum atomic E-state index is -0.625. The number of aryl methyl sites for hydroxylation is 1. The summed E-state index contributed by atoms with van der Waals surface area (Å²) in [6.45, 7) is 12.4. The number of fused-ring (bicyclic) bond motifs is 1. The molecule has 1 fully saturated rings. The number of benzene rings is 1. The van der Waals surface area contributed by atoms with Gasteiger partial charge in [0.25, 0.3) is 5.56 Å². The molecular formula is C30H40N6O5. The zero-order valence-electron chi connectivity index (χ0n) is 25.0. The Kier molecular flexibility index (Phi) is 8.28. The van der Waals surface area contributed by atoms with Crippen molar-refractivity contribution in [1.82, 2.24) is 24.0 Å². The van der Waals surface area contributed by atoms with E-state index in [-0.39, 0.29) is 23.5 Å². The summed E-state index contributed by atoms with van der Waals surface area (Å²) in [4.78, 5) is 59.6. The summed E-state index contributed by atoms with van der Waals surface area (Å²) in [5, 5.41) is 3.02. The van der Waals surface area contributed by atoms with Gasteiger partial charge in [-0.05, 0) is 54.4 Å². The number of hydrogen-bond acceptors (Lipinski definition) is 7. The van der Waals surface area contributed by atoms with Gasteiger partial charge in [-0.1, -0.05) is 42.0 Å². The van der Waals surface area contributed by atoms with Gasteiger partial charge in [0.05, 0.1) is 12.1 Å². The SMILES string of the molecule is CC(C)=CCn1c(N2CCCC(C)(NC(=O)OC(C)(C)C)C2)nc2c1c(=O)n(CC(=O)c1ccccc1)c(=O)n2C. The molecular weight excluding hydrogens is 524 g/mol. The minimum absolute atomic E-state index is 0.243. The number of amides is 1. The molecule has 1 amide bonds. The molecule has 220 valence electrons. The first-order chi connectivity index (χ1) is 19.2. The van der Waals surface area contributed by atoms with Crippen molar-refractivity contribution in [2.24, 2.45) is 7.05 Å². The topological polar surface area (TPSA) is 120 Å². The first-order valence-electron chi connectivity index (χ1n) is 13.9. The quantitative estimate of drug-likeness (QED) is 0.344. The average Bonchev–Trinajstić information content (AvgIpc) is 3.27. The van der Waals surface area contributed by atoms with Crippen LogP contribution < -0.4 is 21.5 Å². The number of Topliss-reactive ketones (excluding diaryl/α,β-unsaturated/α-hetero) is 1. The van der Waals surface area contributed by atoms with Crippen LogP contribution in [0.15, 0.2) is 51.6 Å². The molecule has 41 heavy (non-hydrogen) atoms. The molecule has 11 nitrogen and oxygen atoms in total. The van der Waals surface area contributed by atoms with Crippen LogP contribution in [0.3, 0.4) is 0 Å². The van der Waals surface area contributed by atoms with Crippen molar-refractivity contribution in [2.45, 2.75) is 78.6 Å². The van der Waals surface area contributed by atoms with Gasteiger partial charge in [0.15, 0.2) is 16.9 Å². The van der Waals surface area contributed by atoms with Gasteiger partial charge < -0.3 is 19.5 Å². The van der Waals surface area contributed by atoms with Crippen molar-refractivity contribution in [3.8, 4) is 0 Å². The predicted octanol–water partition coefficient (Wildman–Crippen LogP) is 3.63. The molecule has 1 saturated heterocycles. The summed E-state index contributed by atoms with van der Waals surface area (Å²) in [5.41, 5.74) is -0.447. The highest BCUT2D eigenvalue weighted by Crippen LogP contribution is 2.28. The number of hydrogen-bond donors (Lipinski definition) is 1. The fraction of sp³-hybridized carbons (Fsp3) is 0.500.